The second kappa shape index (κ2) is 6.06. The first kappa shape index (κ1) is 14.4. The Morgan fingerprint density at radius 1 is 1.41 bits per heavy atom. The zero-order chi connectivity index (χ0) is 15.5. The minimum absolute atomic E-state index is 0.202. The average molecular weight is 314 g/mol. The summed E-state index contributed by atoms with van der Waals surface area (Å²) in [6.45, 7) is 0.202. The lowest BCUT2D eigenvalue weighted by molar-refractivity contribution is 0.162. The Bertz CT molecular complexity index is 840. The van der Waals surface area contributed by atoms with Gasteiger partial charge in [-0.15, -0.1) is 0 Å². The van der Waals surface area contributed by atoms with Crippen LogP contribution in [-0.2, 0) is 0 Å². The lowest BCUT2D eigenvalue weighted by Gasteiger charge is -2.14. The molecular formula is C16H12ClN3O2. The fraction of sp³-hybridized carbons (Fsp3) is 0.125. The molecule has 0 fully saturated rings. The number of nitrogens with zero attached hydrogens (tertiary/aromatic N) is 2. The van der Waals surface area contributed by atoms with E-state index in [1.165, 1.54) is 12.5 Å². The van der Waals surface area contributed by atoms with Crippen molar-refractivity contribution in [3.63, 3.8) is 0 Å². The van der Waals surface area contributed by atoms with Gasteiger partial charge in [0.05, 0.1) is 23.0 Å². The summed E-state index contributed by atoms with van der Waals surface area (Å²) >= 11 is 6.03. The van der Waals surface area contributed by atoms with Crippen molar-refractivity contribution in [3.05, 3.63) is 59.1 Å². The number of anilines is 1. The van der Waals surface area contributed by atoms with Crippen LogP contribution in [0.15, 0.2) is 47.2 Å². The van der Waals surface area contributed by atoms with Gasteiger partial charge in [-0.1, -0.05) is 11.6 Å². The van der Waals surface area contributed by atoms with Crippen LogP contribution in [0.1, 0.15) is 17.4 Å². The third-order valence-corrected chi connectivity index (χ3v) is 3.53. The fourth-order valence-electron chi connectivity index (χ4n) is 2.22. The van der Waals surface area contributed by atoms with Gasteiger partial charge in [0.15, 0.2) is 0 Å². The highest BCUT2D eigenvalue weighted by Gasteiger charge is 2.14. The molecule has 22 heavy (non-hydrogen) atoms. The van der Waals surface area contributed by atoms with E-state index in [2.05, 4.69) is 16.4 Å². The van der Waals surface area contributed by atoms with Gasteiger partial charge in [-0.05, 0) is 30.3 Å². The molecule has 1 aromatic carbocycles. The second-order valence-electron chi connectivity index (χ2n) is 4.73. The first-order valence-electron chi connectivity index (χ1n) is 6.62. The maximum absolute atomic E-state index is 10.1. The number of aliphatic hydroxyl groups excluding tert-OH is 1. The zero-order valence-corrected chi connectivity index (χ0v) is 12.2. The van der Waals surface area contributed by atoms with Crippen molar-refractivity contribution in [1.82, 2.24) is 4.98 Å². The zero-order valence-electron chi connectivity index (χ0n) is 11.5. The molecule has 2 N–H and O–H groups in total. The van der Waals surface area contributed by atoms with Crippen molar-refractivity contribution in [2.75, 3.05) is 11.9 Å². The first-order chi connectivity index (χ1) is 10.7. The van der Waals surface area contributed by atoms with Gasteiger partial charge < -0.3 is 14.8 Å². The molecule has 6 heteroatoms. The Balaban J connectivity index is 1.95. The summed E-state index contributed by atoms with van der Waals surface area (Å²) in [6, 6.07) is 10.8. The molecule has 0 spiro atoms. The Kier molecular flexibility index (Phi) is 3.96. The predicted molar refractivity (Wildman–Crippen MR) is 83.6 cm³/mol. The highest BCUT2D eigenvalue weighted by Crippen LogP contribution is 2.28. The van der Waals surface area contributed by atoms with Crippen LogP contribution < -0.4 is 5.32 Å². The second-order valence-corrected chi connectivity index (χ2v) is 5.17. The number of nitriles is 1. The van der Waals surface area contributed by atoms with Crippen molar-refractivity contribution in [2.45, 2.75) is 6.10 Å². The van der Waals surface area contributed by atoms with Crippen LogP contribution in [0.25, 0.3) is 10.9 Å². The Hall–Kier alpha value is -2.55. The van der Waals surface area contributed by atoms with Gasteiger partial charge in [0.1, 0.15) is 17.9 Å². The van der Waals surface area contributed by atoms with Gasteiger partial charge in [-0.25, -0.2) is 0 Å². The van der Waals surface area contributed by atoms with Gasteiger partial charge in [-0.3, -0.25) is 4.98 Å². The maximum atomic E-state index is 10.1. The number of pyridine rings is 1. The number of fused-ring (bicyclic) bond motifs is 1. The molecule has 1 atom stereocenters. The lowest BCUT2D eigenvalue weighted by atomic mass is 10.1. The summed E-state index contributed by atoms with van der Waals surface area (Å²) in [5, 5.41) is 23.7. The van der Waals surface area contributed by atoms with E-state index in [-0.39, 0.29) is 6.54 Å². The van der Waals surface area contributed by atoms with E-state index in [1.54, 1.807) is 30.3 Å². The minimum atomic E-state index is -0.816. The Labute approximate surface area is 131 Å². The van der Waals surface area contributed by atoms with Crippen LogP contribution in [0.3, 0.4) is 0 Å². The molecule has 0 saturated heterocycles. The molecule has 110 valence electrons. The van der Waals surface area contributed by atoms with Gasteiger partial charge in [0.25, 0.3) is 0 Å². The first-order valence-corrected chi connectivity index (χ1v) is 7.00. The summed E-state index contributed by atoms with van der Waals surface area (Å²) in [5.41, 5.74) is 1.71. The number of nitrogens with one attached hydrogen (secondary N) is 1. The van der Waals surface area contributed by atoms with E-state index in [4.69, 9.17) is 16.0 Å². The number of aromatic nitrogens is 1. The van der Waals surface area contributed by atoms with Crippen LogP contribution in [0.4, 0.5) is 5.69 Å². The van der Waals surface area contributed by atoms with Crippen LogP contribution in [0.5, 0.6) is 0 Å². The maximum Gasteiger partial charge on any atom is 0.134 e. The minimum Gasteiger partial charge on any atom is -0.467 e. The number of hydrogen-bond acceptors (Lipinski definition) is 5. The van der Waals surface area contributed by atoms with Gasteiger partial charge in [0, 0.05) is 23.2 Å². The van der Waals surface area contributed by atoms with Crippen LogP contribution in [0, 0.1) is 11.3 Å². The van der Waals surface area contributed by atoms with Crippen LogP contribution >= 0.6 is 11.6 Å². The van der Waals surface area contributed by atoms with E-state index in [0.717, 1.165) is 10.9 Å². The molecule has 0 aliphatic rings. The molecule has 5 nitrogen and oxygen atoms in total. The van der Waals surface area contributed by atoms with Gasteiger partial charge >= 0.3 is 0 Å². The highest BCUT2D eigenvalue weighted by molar-refractivity contribution is 6.31. The van der Waals surface area contributed by atoms with E-state index in [0.29, 0.717) is 22.0 Å². The summed E-state index contributed by atoms with van der Waals surface area (Å²) in [4.78, 5) is 4.23. The van der Waals surface area contributed by atoms with Crippen molar-refractivity contribution in [1.29, 1.82) is 5.26 Å². The van der Waals surface area contributed by atoms with E-state index < -0.39 is 6.10 Å². The largest absolute Gasteiger partial charge is 0.467 e. The molecule has 0 aliphatic carbocycles. The van der Waals surface area contributed by atoms with Gasteiger partial charge in [0.2, 0.25) is 0 Å². The Morgan fingerprint density at radius 2 is 2.27 bits per heavy atom. The lowest BCUT2D eigenvalue weighted by Crippen LogP contribution is -2.12. The number of hydrogen-bond donors (Lipinski definition) is 2. The summed E-state index contributed by atoms with van der Waals surface area (Å²) < 4.78 is 5.16. The molecule has 3 rings (SSSR count). The smallest absolute Gasteiger partial charge is 0.134 e. The number of rotatable bonds is 4. The molecule has 0 amide bonds. The van der Waals surface area contributed by atoms with Crippen molar-refractivity contribution in [3.8, 4) is 6.07 Å². The quantitative estimate of drug-likeness (QED) is 0.770. The van der Waals surface area contributed by atoms with Crippen molar-refractivity contribution >= 4 is 28.2 Å². The highest BCUT2D eigenvalue weighted by atomic mass is 35.5. The number of aliphatic hydroxyl groups is 1. The summed E-state index contributed by atoms with van der Waals surface area (Å²) in [6.07, 6.45) is 2.18. The third kappa shape index (κ3) is 2.75. The fourth-order valence-corrected chi connectivity index (χ4v) is 2.39. The van der Waals surface area contributed by atoms with Crippen LogP contribution in [-0.4, -0.2) is 16.6 Å². The number of benzene rings is 1. The molecule has 3 aromatic rings. The van der Waals surface area contributed by atoms with Crippen molar-refractivity contribution in [2.24, 2.45) is 0 Å². The third-order valence-electron chi connectivity index (χ3n) is 3.29. The molecule has 0 unspecified atom stereocenters. The van der Waals surface area contributed by atoms with Crippen molar-refractivity contribution < 1.29 is 9.52 Å². The predicted octanol–water partition coefficient (Wildman–Crippen LogP) is 3.50. The number of halogens is 1. The Morgan fingerprint density at radius 3 is 3.00 bits per heavy atom. The molecule has 0 aliphatic heterocycles. The monoisotopic (exact) mass is 313 g/mol. The van der Waals surface area contributed by atoms with E-state index in [9.17, 15) is 10.4 Å². The summed E-state index contributed by atoms with van der Waals surface area (Å²) in [5.74, 6) is 0.461. The topological polar surface area (TPSA) is 82.1 Å². The average Bonchev–Trinajstić information content (AvgIpc) is 3.06. The number of furan rings is 1. The standard InChI is InChI=1S/C16H12ClN3O2/c17-11-3-4-13-12(6-11)16(10(7-18)8-19-13)20-9-14(21)15-2-1-5-22-15/h1-6,8,14,21H,9H2,(H,19,20)/t14-/m0/s1. The normalized spacial score (nSPS) is 12.0. The molecule has 2 aromatic heterocycles. The van der Waals surface area contributed by atoms with E-state index in [1.807, 2.05) is 0 Å². The molecular weight excluding hydrogens is 302 g/mol. The molecule has 0 saturated carbocycles. The molecule has 0 radical (unpaired) electrons. The summed E-state index contributed by atoms with van der Waals surface area (Å²) in [7, 11) is 0. The van der Waals surface area contributed by atoms with E-state index >= 15 is 0 Å². The SMILES string of the molecule is N#Cc1cnc2ccc(Cl)cc2c1NC[C@H](O)c1ccco1. The van der Waals surface area contributed by atoms with Gasteiger partial charge in [-0.2, -0.15) is 5.26 Å². The molecule has 0 bridgehead atoms. The molecule has 2 heterocycles. The van der Waals surface area contributed by atoms with Crippen LogP contribution in [0.2, 0.25) is 5.02 Å².